The molecule has 0 saturated carbocycles. The summed E-state index contributed by atoms with van der Waals surface area (Å²) in [4.78, 5) is 20.6. The van der Waals surface area contributed by atoms with E-state index in [4.69, 9.17) is 4.74 Å². The Hall–Kier alpha value is -2.73. The van der Waals surface area contributed by atoms with Gasteiger partial charge >= 0.3 is 0 Å². The molecule has 0 unspecified atom stereocenters. The summed E-state index contributed by atoms with van der Waals surface area (Å²) in [7, 11) is 0. The average Bonchev–Trinajstić information content (AvgIpc) is 2.66. The predicted molar refractivity (Wildman–Crippen MR) is 99.4 cm³/mol. The van der Waals surface area contributed by atoms with Gasteiger partial charge < -0.3 is 10.1 Å². The van der Waals surface area contributed by atoms with E-state index in [1.165, 1.54) is 12.4 Å². The summed E-state index contributed by atoms with van der Waals surface area (Å²) in [5, 5.41) is 2.79. The Morgan fingerprint density at radius 3 is 2.52 bits per heavy atom. The van der Waals surface area contributed by atoms with Crippen LogP contribution in [0.4, 0.5) is 0 Å². The van der Waals surface area contributed by atoms with E-state index < -0.39 is 0 Å². The normalized spacial score (nSPS) is 10.3. The van der Waals surface area contributed by atoms with Crippen molar-refractivity contribution in [2.75, 3.05) is 13.2 Å². The first-order chi connectivity index (χ1) is 12.2. The molecule has 0 atom stereocenters. The summed E-state index contributed by atoms with van der Waals surface area (Å²) in [6.07, 6.45) is 3.06. The van der Waals surface area contributed by atoms with Crippen molar-refractivity contribution in [1.29, 1.82) is 0 Å². The fraction of sp³-hybridized carbons (Fsp3) is 0.105. The van der Waals surface area contributed by atoms with Gasteiger partial charge in [0, 0.05) is 22.4 Å². The second-order valence-electron chi connectivity index (χ2n) is 5.22. The number of carbonyl (C=O) groups is 1. The van der Waals surface area contributed by atoms with Gasteiger partial charge in [0.25, 0.3) is 5.91 Å². The van der Waals surface area contributed by atoms with Gasteiger partial charge in [-0.25, -0.2) is 9.97 Å². The van der Waals surface area contributed by atoms with Crippen molar-refractivity contribution in [3.63, 3.8) is 0 Å². The van der Waals surface area contributed by atoms with E-state index in [1.807, 2.05) is 54.6 Å². The maximum Gasteiger partial charge on any atom is 0.254 e. The number of hydrogen-bond acceptors (Lipinski definition) is 4. The highest BCUT2D eigenvalue weighted by Crippen LogP contribution is 2.17. The van der Waals surface area contributed by atoms with Crippen LogP contribution in [0.5, 0.6) is 5.75 Å². The number of ether oxygens (including phenoxy) is 1. The summed E-state index contributed by atoms with van der Waals surface area (Å²) in [5.74, 6) is 1.12. The molecule has 0 saturated heterocycles. The van der Waals surface area contributed by atoms with E-state index in [1.54, 1.807) is 0 Å². The van der Waals surface area contributed by atoms with Gasteiger partial charge in [0.05, 0.1) is 12.1 Å². The molecule has 1 N–H and O–H groups in total. The fourth-order valence-electron chi connectivity index (χ4n) is 2.17. The maximum atomic E-state index is 12.1. The molecule has 6 heteroatoms. The summed E-state index contributed by atoms with van der Waals surface area (Å²) < 4.78 is 6.52. The summed E-state index contributed by atoms with van der Waals surface area (Å²) in [6.45, 7) is 0.775. The van der Waals surface area contributed by atoms with Crippen molar-refractivity contribution in [2.24, 2.45) is 0 Å². The molecular formula is C19H16BrN3O2. The third-order valence-corrected chi connectivity index (χ3v) is 3.89. The van der Waals surface area contributed by atoms with Crippen LogP contribution >= 0.6 is 15.9 Å². The minimum atomic E-state index is -0.225. The third-order valence-electron chi connectivity index (χ3n) is 3.40. The van der Waals surface area contributed by atoms with Crippen LogP contribution in [0.3, 0.4) is 0 Å². The zero-order chi connectivity index (χ0) is 17.5. The molecule has 0 bridgehead atoms. The number of halogens is 1. The van der Waals surface area contributed by atoms with Crippen LogP contribution in [0.1, 0.15) is 10.4 Å². The Morgan fingerprint density at radius 2 is 1.80 bits per heavy atom. The van der Waals surface area contributed by atoms with Crippen LogP contribution in [0.15, 0.2) is 71.5 Å². The highest BCUT2D eigenvalue weighted by Gasteiger charge is 2.07. The lowest BCUT2D eigenvalue weighted by atomic mass is 10.2. The lowest BCUT2D eigenvalue weighted by molar-refractivity contribution is 0.0946. The van der Waals surface area contributed by atoms with Crippen LogP contribution in [0.2, 0.25) is 0 Å². The Balaban J connectivity index is 1.50. The van der Waals surface area contributed by atoms with Gasteiger partial charge in [0.2, 0.25) is 0 Å². The smallest absolute Gasteiger partial charge is 0.254 e. The highest BCUT2D eigenvalue weighted by atomic mass is 79.9. The van der Waals surface area contributed by atoms with Gasteiger partial charge in [0.1, 0.15) is 12.4 Å². The van der Waals surface area contributed by atoms with E-state index in [0.717, 1.165) is 15.8 Å². The molecule has 2 aromatic carbocycles. The van der Waals surface area contributed by atoms with Gasteiger partial charge in [-0.3, -0.25) is 4.79 Å². The average molecular weight is 398 g/mol. The molecule has 126 valence electrons. The molecule has 0 aliphatic heterocycles. The Bertz CT molecular complexity index is 839. The summed E-state index contributed by atoms with van der Waals surface area (Å²) in [5.41, 5.74) is 1.33. The van der Waals surface area contributed by atoms with Crippen molar-refractivity contribution in [3.05, 3.63) is 77.0 Å². The van der Waals surface area contributed by atoms with Crippen molar-refractivity contribution in [1.82, 2.24) is 15.3 Å². The lowest BCUT2D eigenvalue weighted by Crippen LogP contribution is -2.28. The fourth-order valence-corrected chi connectivity index (χ4v) is 2.55. The Morgan fingerprint density at radius 1 is 1.04 bits per heavy atom. The van der Waals surface area contributed by atoms with Crippen LogP contribution < -0.4 is 10.1 Å². The number of nitrogens with zero attached hydrogens (tertiary/aromatic N) is 2. The van der Waals surface area contributed by atoms with Crippen molar-refractivity contribution >= 4 is 21.8 Å². The van der Waals surface area contributed by atoms with E-state index in [2.05, 4.69) is 31.2 Å². The van der Waals surface area contributed by atoms with Gasteiger partial charge in [-0.05, 0) is 18.2 Å². The maximum absolute atomic E-state index is 12.1. The molecule has 0 spiro atoms. The standard InChI is InChI=1S/C19H16BrN3O2/c20-16-7-4-8-17(11-16)25-10-9-21-19(24)15-12-22-18(23-13-15)14-5-2-1-3-6-14/h1-8,11-13H,9-10H2,(H,21,24). The molecular weight excluding hydrogens is 382 g/mol. The molecule has 1 aromatic heterocycles. The number of hydrogen-bond donors (Lipinski definition) is 1. The number of benzene rings is 2. The number of carbonyl (C=O) groups excluding carboxylic acids is 1. The molecule has 3 rings (SSSR count). The van der Waals surface area contributed by atoms with E-state index in [0.29, 0.717) is 24.5 Å². The van der Waals surface area contributed by atoms with E-state index >= 15 is 0 Å². The third kappa shape index (κ3) is 4.87. The topological polar surface area (TPSA) is 64.1 Å². The van der Waals surface area contributed by atoms with Crippen molar-refractivity contribution in [3.8, 4) is 17.1 Å². The summed E-state index contributed by atoms with van der Waals surface area (Å²) >= 11 is 3.38. The number of amides is 1. The number of nitrogens with one attached hydrogen (secondary N) is 1. The van der Waals surface area contributed by atoms with Crippen LogP contribution in [0.25, 0.3) is 11.4 Å². The second-order valence-corrected chi connectivity index (χ2v) is 6.14. The predicted octanol–water partition coefficient (Wildman–Crippen LogP) is 3.71. The molecule has 1 heterocycles. The molecule has 0 aliphatic carbocycles. The van der Waals surface area contributed by atoms with Crippen LogP contribution in [-0.2, 0) is 0 Å². The number of rotatable bonds is 6. The molecule has 0 aliphatic rings. The molecule has 1 amide bonds. The van der Waals surface area contributed by atoms with Gasteiger partial charge in [-0.1, -0.05) is 52.3 Å². The van der Waals surface area contributed by atoms with Crippen LogP contribution in [-0.4, -0.2) is 29.0 Å². The molecule has 0 fully saturated rings. The van der Waals surface area contributed by atoms with Gasteiger partial charge in [-0.2, -0.15) is 0 Å². The first kappa shape index (κ1) is 17.1. The first-order valence-corrected chi connectivity index (χ1v) is 8.56. The SMILES string of the molecule is O=C(NCCOc1cccc(Br)c1)c1cnc(-c2ccccc2)nc1. The Kier molecular flexibility index (Phi) is 5.74. The van der Waals surface area contributed by atoms with Gasteiger partial charge in [-0.15, -0.1) is 0 Å². The quantitative estimate of drug-likeness (QED) is 0.643. The van der Waals surface area contributed by atoms with E-state index in [9.17, 15) is 4.79 Å². The molecule has 5 nitrogen and oxygen atoms in total. The minimum Gasteiger partial charge on any atom is -0.492 e. The molecule has 25 heavy (non-hydrogen) atoms. The molecule has 3 aromatic rings. The second kappa shape index (κ2) is 8.39. The zero-order valence-electron chi connectivity index (χ0n) is 13.4. The molecule has 0 radical (unpaired) electrons. The van der Waals surface area contributed by atoms with Gasteiger partial charge in [0.15, 0.2) is 5.82 Å². The lowest BCUT2D eigenvalue weighted by Gasteiger charge is -2.08. The number of aromatic nitrogens is 2. The zero-order valence-corrected chi connectivity index (χ0v) is 14.9. The Labute approximate surface area is 154 Å². The van der Waals surface area contributed by atoms with E-state index in [-0.39, 0.29) is 5.91 Å². The van der Waals surface area contributed by atoms with Crippen molar-refractivity contribution < 1.29 is 9.53 Å². The largest absolute Gasteiger partial charge is 0.492 e. The first-order valence-electron chi connectivity index (χ1n) is 7.76. The monoisotopic (exact) mass is 397 g/mol. The summed E-state index contributed by atoms with van der Waals surface area (Å²) in [6, 6.07) is 17.2. The van der Waals surface area contributed by atoms with Crippen molar-refractivity contribution in [2.45, 2.75) is 0 Å². The van der Waals surface area contributed by atoms with Crippen LogP contribution in [0, 0.1) is 0 Å². The minimum absolute atomic E-state index is 0.225. The highest BCUT2D eigenvalue weighted by molar-refractivity contribution is 9.10.